The van der Waals surface area contributed by atoms with Crippen molar-refractivity contribution in [1.82, 2.24) is 0 Å². The highest BCUT2D eigenvalue weighted by Crippen LogP contribution is 2.01. The van der Waals surface area contributed by atoms with Gasteiger partial charge in [-0.2, -0.15) is 0 Å². The Bertz CT molecular complexity index is 105. The Kier molecular flexibility index (Phi) is 12.2. The van der Waals surface area contributed by atoms with E-state index in [1.54, 1.807) is 0 Å². The van der Waals surface area contributed by atoms with E-state index in [-0.39, 0.29) is 0 Å². The number of nitrogens with two attached hydrogens (primary N) is 1. The summed E-state index contributed by atoms with van der Waals surface area (Å²) in [5.41, 5.74) is 5.26. The molecule has 3 N–H and O–H groups in total. The van der Waals surface area contributed by atoms with Gasteiger partial charge in [-0.1, -0.05) is 40.0 Å². The van der Waals surface area contributed by atoms with Crippen molar-refractivity contribution in [3.63, 3.8) is 0 Å². The molecule has 0 rings (SSSR count). The van der Waals surface area contributed by atoms with Gasteiger partial charge in [0, 0.05) is 0 Å². The predicted octanol–water partition coefficient (Wildman–Crippen LogP) is 2.00. The average molecular weight is 175 g/mol. The summed E-state index contributed by atoms with van der Waals surface area (Å²) in [5.74, 6) is -0.892. The van der Waals surface area contributed by atoms with Gasteiger partial charge in [0.15, 0.2) is 0 Å². The number of carboxylic acids is 1. The van der Waals surface area contributed by atoms with Crippen molar-refractivity contribution in [3.8, 4) is 0 Å². The Labute approximate surface area is 75.0 Å². The van der Waals surface area contributed by atoms with Crippen LogP contribution in [0.3, 0.4) is 0 Å². The fourth-order valence-electron chi connectivity index (χ4n) is 0.738. The van der Waals surface area contributed by atoms with Crippen LogP contribution in [0.2, 0.25) is 0 Å². The summed E-state index contributed by atoms with van der Waals surface area (Å²) in [7, 11) is 0. The molecule has 0 aromatic rings. The van der Waals surface area contributed by atoms with Crippen LogP contribution in [-0.2, 0) is 4.79 Å². The largest absolute Gasteiger partial charge is 0.480 e. The molecule has 0 bridgehead atoms. The molecule has 3 heteroatoms. The molecule has 0 aromatic carbocycles. The zero-order valence-electron chi connectivity index (χ0n) is 8.34. The highest BCUT2D eigenvalue weighted by molar-refractivity contribution is 5.72. The van der Waals surface area contributed by atoms with Gasteiger partial charge < -0.3 is 10.8 Å². The number of carbonyl (C=O) groups is 1. The van der Waals surface area contributed by atoms with Gasteiger partial charge in [-0.05, 0) is 6.42 Å². The van der Waals surface area contributed by atoms with E-state index in [1.807, 2.05) is 13.8 Å². The van der Waals surface area contributed by atoms with Gasteiger partial charge in [-0.25, -0.2) is 0 Å². The van der Waals surface area contributed by atoms with Crippen LogP contribution in [0.5, 0.6) is 0 Å². The van der Waals surface area contributed by atoms with Gasteiger partial charge in [-0.3, -0.25) is 4.79 Å². The molecule has 12 heavy (non-hydrogen) atoms. The highest BCUT2D eigenvalue weighted by Gasteiger charge is 2.09. The molecule has 1 atom stereocenters. The second-order valence-electron chi connectivity index (χ2n) is 2.44. The molecule has 3 nitrogen and oxygen atoms in total. The smallest absolute Gasteiger partial charge is 0.320 e. The predicted molar refractivity (Wildman–Crippen MR) is 51.1 cm³/mol. The lowest BCUT2D eigenvalue weighted by atomic mass is 10.1. The van der Waals surface area contributed by atoms with Crippen molar-refractivity contribution in [3.05, 3.63) is 0 Å². The quantitative estimate of drug-likeness (QED) is 0.628. The van der Waals surface area contributed by atoms with Crippen LogP contribution in [0, 0.1) is 0 Å². The van der Waals surface area contributed by atoms with Crippen LogP contribution in [0.4, 0.5) is 0 Å². The third-order valence-electron chi connectivity index (χ3n) is 1.44. The van der Waals surface area contributed by atoms with Gasteiger partial charge in [0.05, 0.1) is 0 Å². The van der Waals surface area contributed by atoms with Crippen molar-refractivity contribution in [2.75, 3.05) is 0 Å². The number of rotatable bonds is 5. The third-order valence-corrected chi connectivity index (χ3v) is 1.44. The zero-order valence-corrected chi connectivity index (χ0v) is 8.34. The minimum atomic E-state index is -0.892. The summed E-state index contributed by atoms with van der Waals surface area (Å²) in [5, 5.41) is 8.36. The molecular weight excluding hydrogens is 154 g/mol. The minimum Gasteiger partial charge on any atom is -0.480 e. The van der Waals surface area contributed by atoms with E-state index in [2.05, 4.69) is 6.92 Å². The number of carboxylic acid groups (broad SMARTS) is 1. The lowest BCUT2D eigenvalue weighted by molar-refractivity contribution is -0.138. The first-order valence-electron chi connectivity index (χ1n) is 4.67. The highest BCUT2D eigenvalue weighted by atomic mass is 16.4. The van der Waals surface area contributed by atoms with Gasteiger partial charge >= 0.3 is 5.97 Å². The third kappa shape index (κ3) is 9.43. The van der Waals surface area contributed by atoms with E-state index in [4.69, 9.17) is 10.8 Å². The summed E-state index contributed by atoms with van der Waals surface area (Å²) in [6.45, 7) is 6.08. The zero-order chi connectivity index (χ0) is 9.98. The maximum Gasteiger partial charge on any atom is 0.320 e. The topological polar surface area (TPSA) is 63.3 Å². The van der Waals surface area contributed by atoms with Crippen LogP contribution in [0.25, 0.3) is 0 Å². The van der Waals surface area contributed by atoms with E-state index in [1.165, 1.54) is 0 Å². The molecule has 0 saturated carbocycles. The molecule has 74 valence electrons. The van der Waals surface area contributed by atoms with Crippen LogP contribution in [0.15, 0.2) is 0 Å². The van der Waals surface area contributed by atoms with Crippen molar-refractivity contribution in [1.29, 1.82) is 0 Å². The Morgan fingerprint density at radius 1 is 1.42 bits per heavy atom. The van der Waals surface area contributed by atoms with Crippen molar-refractivity contribution in [2.24, 2.45) is 5.73 Å². The minimum absolute atomic E-state index is 0.600. The first kappa shape index (κ1) is 14.0. The van der Waals surface area contributed by atoms with Crippen LogP contribution in [0.1, 0.15) is 46.5 Å². The molecule has 0 saturated heterocycles. The summed E-state index contributed by atoms with van der Waals surface area (Å²) < 4.78 is 0. The van der Waals surface area contributed by atoms with Crippen LogP contribution >= 0.6 is 0 Å². The standard InChI is InChI=1S/C7H15NO2.C2H6/c1-2-3-4-5-6(8)7(9)10;1-2/h6H,2-5,8H2,1H3,(H,9,10);1-2H3. The van der Waals surface area contributed by atoms with Crippen molar-refractivity contribution < 1.29 is 9.90 Å². The molecular formula is C9H21NO2. The van der Waals surface area contributed by atoms with Gasteiger partial charge in [0.2, 0.25) is 0 Å². The second kappa shape index (κ2) is 10.4. The molecule has 0 spiro atoms. The number of unbranched alkanes of at least 4 members (excludes halogenated alkanes) is 2. The first-order valence-corrected chi connectivity index (χ1v) is 4.67. The normalized spacial score (nSPS) is 11.3. The molecule has 0 aliphatic heterocycles. The first-order chi connectivity index (χ1) is 5.68. The van der Waals surface area contributed by atoms with E-state index < -0.39 is 12.0 Å². The number of aliphatic carboxylic acids is 1. The SMILES string of the molecule is CC.CCCCCC(N)C(=O)O. The fraction of sp³-hybridized carbons (Fsp3) is 0.889. The maximum absolute atomic E-state index is 10.2. The van der Waals surface area contributed by atoms with Gasteiger partial charge in [-0.15, -0.1) is 0 Å². The molecule has 1 unspecified atom stereocenters. The Balaban J connectivity index is 0. The van der Waals surface area contributed by atoms with Gasteiger partial charge in [0.25, 0.3) is 0 Å². The summed E-state index contributed by atoms with van der Waals surface area (Å²) >= 11 is 0. The molecule has 0 radical (unpaired) electrons. The molecule has 0 aliphatic carbocycles. The Morgan fingerprint density at radius 2 is 1.92 bits per heavy atom. The summed E-state index contributed by atoms with van der Waals surface area (Å²) in [6, 6.07) is -0.661. The van der Waals surface area contributed by atoms with E-state index in [9.17, 15) is 4.79 Å². The lowest BCUT2D eigenvalue weighted by Gasteiger charge is -2.03. The Hall–Kier alpha value is -0.570. The maximum atomic E-state index is 10.2. The summed E-state index contributed by atoms with van der Waals surface area (Å²) in [4.78, 5) is 10.2. The number of hydrogen-bond acceptors (Lipinski definition) is 2. The van der Waals surface area contributed by atoms with E-state index in [0.717, 1.165) is 19.3 Å². The lowest BCUT2D eigenvalue weighted by Crippen LogP contribution is -2.29. The van der Waals surface area contributed by atoms with Crippen LogP contribution < -0.4 is 5.73 Å². The average Bonchev–Trinajstić information content (AvgIpc) is 2.08. The summed E-state index contributed by atoms with van der Waals surface area (Å²) in [6.07, 6.45) is 3.69. The van der Waals surface area contributed by atoms with Gasteiger partial charge in [0.1, 0.15) is 6.04 Å². The molecule has 0 amide bonds. The monoisotopic (exact) mass is 175 g/mol. The second-order valence-corrected chi connectivity index (χ2v) is 2.44. The molecule has 0 aromatic heterocycles. The van der Waals surface area contributed by atoms with Crippen molar-refractivity contribution in [2.45, 2.75) is 52.5 Å². The van der Waals surface area contributed by atoms with Crippen molar-refractivity contribution >= 4 is 5.97 Å². The van der Waals surface area contributed by atoms with E-state index >= 15 is 0 Å². The fourth-order valence-corrected chi connectivity index (χ4v) is 0.738. The van der Waals surface area contributed by atoms with E-state index in [0.29, 0.717) is 6.42 Å². The molecule has 0 fully saturated rings. The number of hydrogen-bond donors (Lipinski definition) is 2. The molecule has 0 heterocycles. The molecule has 0 aliphatic rings. The Morgan fingerprint density at radius 3 is 2.25 bits per heavy atom. The van der Waals surface area contributed by atoms with Crippen LogP contribution in [-0.4, -0.2) is 17.1 Å².